The van der Waals surface area contributed by atoms with Crippen LogP contribution in [0.25, 0.3) is 5.52 Å². The van der Waals surface area contributed by atoms with Gasteiger partial charge in [-0.15, -0.1) is 5.10 Å². The molecule has 0 saturated carbocycles. The summed E-state index contributed by atoms with van der Waals surface area (Å²) in [6, 6.07) is 3.60. The summed E-state index contributed by atoms with van der Waals surface area (Å²) in [5.74, 6) is -0.442. The summed E-state index contributed by atoms with van der Waals surface area (Å²) in [4.78, 5) is 14.7. The van der Waals surface area contributed by atoms with Crippen molar-refractivity contribution in [2.75, 3.05) is 0 Å². The van der Waals surface area contributed by atoms with E-state index in [-0.39, 0.29) is 11.7 Å². The van der Waals surface area contributed by atoms with Gasteiger partial charge in [-0.2, -0.15) is 0 Å². The normalized spacial score (nSPS) is 10.6. The molecule has 0 spiro atoms. The van der Waals surface area contributed by atoms with E-state index in [1.807, 2.05) is 0 Å². The molecule has 0 radical (unpaired) electrons. The van der Waals surface area contributed by atoms with Gasteiger partial charge in [0.2, 0.25) is 11.2 Å². The third-order valence-electron chi connectivity index (χ3n) is 1.78. The van der Waals surface area contributed by atoms with Crippen LogP contribution in [0.2, 0.25) is 5.28 Å². The molecule has 2 rings (SSSR count). The van der Waals surface area contributed by atoms with Gasteiger partial charge in [0.1, 0.15) is 0 Å². The second-order valence-corrected chi connectivity index (χ2v) is 3.15. The molecule has 2 heterocycles. The summed E-state index contributed by atoms with van der Waals surface area (Å²) in [5.41, 5.74) is 6.37. The first-order valence-corrected chi connectivity index (χ1v) is 4.32. The minimum atomic E-state index is -0.442. The second kappa shape index (κ2) is 3.26. The highest BCUT2D eigenvalue weighted by Crippen LogP contribution is 2.11. The van der Waals surface area contributed by atoms with Gasteiger partial charge in [-0.05, 0) is 23.7 Å². The lowest BCUT2D eigenvalue weighted by atomic mass is 10.2. The van der Waals surface area contributed by atoms with Crippen molar-refractivity contribution >= 4 is 23.0 Å². The molecule has 6 heteroatoms. The Morgan fingerprint density at radius 2 is 2.43 bits per heavy atom. The SMILES string of the molecule is NC(=O)Cc1nc(Cl)nn2cccc12. The van der Waals surface area contributed by atoms with Crippen molar-refractivity contribution in [1.29, 1.82) is 0 Å². The monoisotopic (exact) mass is 210 g/mol. The highest BCUT2D eigenvalue weighted by molar-refractivity contribution is 6.28. The summed E-state index contributed by atoms with van der Waals surface area (Å²) in [5, 5.41) is 4.02. The summed E-state index contributed by atoms with van der Waals surface area (Å²) < 4.78 is 1.56. The highest BCUT2D eigenvalue weighted by Gasteiger charge is 2.08. The van der Waals surface area contributed by atoms with Crippen molar-refractivity contribution < 1.29 is 4.79 Å². The first-order chi connectivity index (χ1) is 6.66. The molecule has 2 N–H and O–H groups in total. The van der Waals surface area contributed by atoms with Crippen molar-refractivity contribution in [3.63, 3.8) is 0 Å². The largest absolute Gasteiger partial charge is 0.369 e. The van der Waals surface area contributed by atoms with Crippen LogP contribution in [0.1, 0.15) is 5.69 Å². The smallest absolute Gasteiger partial charge is 0.241 e. The van der Waals surface area contributed by atoms with E-state index in [0.29, 0.717) is 5.69 Å². The predicted octanol–water partition coefficient (Wildman–Crippen LogP) is 0.410. The molecule has 5 nitrogen and oxygen atoms in total. The quantitative estimate of drug-likeness (QED) is 0.780. The van der Waals surface area contributed by atoms with Gasteiger partial charge in [0.05, 0.1) is 17.6 Å². The van der Waals surface area contributed by atoms with E-state index in [4.69, 9.17) is 17.3 Å². The number of fused-ring (bicyclic) bond motifs is 1. The maximum Gasteiger partial charge on any atom is 0.241 e. The van der Waals surface area contributed by atoms with Crippen molar-refractivity contribution in [2.45, 2.75) is 6.42 Å². The van der Waals surface area contributed by atoms with Gasteiger partial charge >= 0.3 is 0 Å². The van der Waals surface area contributed by atoms with Crippen LogP contribution >= 0.6 is 11.6 Å². The van der Waals surface area contributed by atoms with Crippen molar-refractivity contribution in [3.8, 4) is 0 Å². The minimum Gasteiger partial charge on any atom is -0.369 e. The summed E-state index contributed by atoms with van der Waals surface area (Å²) in [7, 11) is 0. The Morgan fingerprint density at radius 3 is 3.14 bits per heavy atom. The van der Waals surface area contributed by atoms with Gasteiger partial charge in [0.15, 0.2) is 0 Å². The zero-order chi connectivity index (χ0) is 10.1. The number of halogens is 1. The Balaban J connectivity index is 2.60. The Hall–Kier alpha value is -1.62. The van der Waals surface area contributed by atoms with E-state index < -0.39 is 5.91 Å². The second-order valence-electron chi connectivity index (χ2n) is 2.81. The zero-order valence-corrected chi connectivity index (χ0v) is 7.90. The third-order valence-corrected chi connectivity index (χ3v) is 1.94. The third kappa shape index (κ3) is 1.54. The summed E-state index contributed by atoms with van der Waals surface area (Å²) in [6.45, 7) is 0. The Morgan fingerprint density at radius 1 is 1.64 bits per heavy atom. The maximum atomic E-state index is 10.8. The number of nitrogens with zero attached hydrogens (tertiary/aromatic N) is 3. The number of carbonyl (C=O) groups excluding carboxylic acids is 1. The maximum absolute atomic E-state index is 10.8. The summed E-state index contributed by atoms with van der Waals surface area (Å²) >= 11 is 5.67. The topological polar surface area (TPSA) is 73.3 Å². The number of rotatable bonds is 2. The first kappa shape index (κ1) is 8.96. The van der Waals surface area contributed by atoms with Gasteiger partial charge in [-0.1, -0.05) is 0 Å². The van der Waals surface area contributed by atoms with Gasteiger partial charge in [0, 0.05) is 6.20 Å². The zero-order valence-electron chi connectivity index (χ0n) is 7.14. The molecule has 0 bridgehead atoms. The van der Waals surface area contributed by atoms with E-state index in [0.717, 1.165) is 5.52 Å². The van der Waals surface area contributed by atoms with Crippen LogP contribution in [-0.4, -0.2) is 20.5 Å². The molecule has 0 aromatic carbocycles. The molecule has 0 unspecified atom stereocenters. The molecule has 0 aliphatic rings. The fraction of sp³-hybridized carbons (Fsp3) is 0.125. The van der Waals surface area contributed by atoms with Gasteiger partial charge in [-0.3, -0.25) is 4.79 Å². The molecule has 0 aliphatic carbocycles. The Bertz CT molecular complexity index is 493. The predicted molar refractivity (Wildman–Crippen MR) is 50.9 cm³/mol. The lowest BCUT2D eigenvalue weighted by Crippen LogP contribution is -2.15. The Labute approximate surface area is 84.5 Å². The molecule has 0 fully saturated rings. The van der Waals surface area contributed by atoms with Crippen LogP contribution in [0.3, 0.4) is 0 Å². The number of hydrogen-bond donors (Lipinski definition) is 1. The van der Waals surface area contributed by atoms with Gasteiger partial charge in [-0.25, -0.2) is 9.50 Å². The molecule has 2 aromatic heterocycles. The highest BCUT2D eigenvalue weighted by atomic mass is 35.5. The molecule has 0 atom stereocenters. The van der Waals surface area contributed by atoms with Crippen LogP contribution in [-0.2, 0) is 11.2 Å². The average Bonchev–Trinajstić information content (AvgIpc) is 2.50. The van der Waals surface area contributed by atoms with E-state index in [2.05, 4.69) is 10.1 Å². The van der Waals surface area contributed by atoms with Crippen LogP contribution in [0.15, 0.2) is 18.3 Å². The standard InChI is InChI=1S/C8H7ClN4O/c9-8-11-5(4-7(10)14)6-2-1-3-13(6)12-8/h1-3H,4H2,(H2,10,14). The lowest BCUT2D eigenvalue weighted by Gasteiger charge is -2.01. The molecule has 2 aromatic rings. The molecular formula is C8H7ClN4O. The molecule has 14 heavy (non-hydrogen) atoms. The van der Waals surface area contributed by atoms with Crippen LogP contribution in [0.5, 0.6) is 0 Å². The fourth-order valence-corrected chi connectivity index (χ4v) is 1.45. The molecule has 72 valence electrons. The number of nitrogens with two attached hydrogens (primary N) is 1. The minimum absolute atomic E-state index is 0.0652. The average molecular weight is 211 g/mol. The Kier molecular flexibility index (Phi) is 2.09. The number of aromatic nitrogens is 3. The fourth-order valence-electron chi connectivity index (χ4n) is 1.26. The van der Waals surface area contributed by atoms with E-state index in [9.17, 15) is 4.79 Å². The number of amides is 1. The van der Waals surface area contributed by atoms with Crippen molar-refractivity contribution in [2.24, 2.45) is 5.73 Å². The van der Waals surface area contributed by atoms with E-state index in [1.165, 1.54) is 0 Å². The number of carbonyl (C=O) groups is 1. The van der Waals surface area contributed by atoms with E-state index >= 15 is 0 Å². The van der Waals surface area contributed by atoms with Gasteiger partial charge in [0.25, 0.3) is 0 Å². The number of primary amides is 1. The molecule has 1 amide bonds. The first-order valence-electron chi connectivity index (χ1n) is 3.95. The summed E-state index contributed by atoms with van der Waals surface area (Å²) in [6.07, 6.45) is 1.79. The molecular weight excluding hydrogens is 204 g/mol. The van der Waals surface area contributed by atoms with Crippen molar-refractivity contribution in [3.05, 3.63) is 29.3 Å². The van der Waals surface area contributed by atoms with Crippen molar-refractivity contribution in [1.82, 2.24) is 14.6 Å². The van der Waals surface area contributed by atoms with Crippen LogP contribution in [0.4, 0.5) is 0 Å². The molecule has 0 aliphatic heterocycles. The van der Waals surface area contributed by atoms with Crippen LogP contribution in [0, 0.1) is 0 Å². The van der Waals surface area contributed by atoms with E-state index in [1.54, 1.807) is 22.8 Å². The van der Waals surface area contributed by atoms with Crippen LogP contribution < -0.4 is 5.73 Å². The molecule has 0 saturated heterocycles. The lowest BCUT2D eigenvalue weighted by molar-refractivity contribution is -0.117. The number of hydrogen-bond acceptors (Lipinski definition) is 3. The van der Waals surface area contributed by atoms with Gasteiger partial charge < -0.3 is 5.73 Å².